The number of aliphatic hydroxyl groups is 1. The van der Waals surface area contributed by atoms with Gasteiger partial charge in [0.05, 0.1) is 22.4 Å². The van der Waals surface area contributed by atoms with Crippen molar-refractivity contribution in [2.24, 2.45) is 0 Å². The smallest absolute Gasteiger partial charge is 0.120 e. The first-order valence-electron chi connectivity index (χ1n) is 8.72. The second kappa shape index (κ2) is 6.70. The monoisotopic (exact) mass is 340 g/mol. The molecule has 1 aromatic heterocycles. The number of hydrogen-bond donors (Lipinski definition) is 1. The van der Waals surface area contributed by atoms with Gasteiger partial charge in [0.2, 0.25) is 0 Å². The van der Waals surface area contributed by atoms with E-state index in [0.717, 1.165) is 33.5 Å². The van der Waals surface area contributed by atoms with Crippen LogP contribution in [-0.4, -0.2) is 15.1 Å². The molecule has 1 N–H and O–H groups in total. The van der Waals surface area contributed by atoms with E-state index in [2.05, 4.69) is 4.98 Å². The van der Waals surface area contributed by atoms with Crippen molar-refractivity contribution in [1.29, 1.82) is 0 Å². The zero-order valence-electron chi connectivity index (χ0n) is 14.6. The molecular formula is C23H20N2O. The Morgan fingerprint density at radius 2 is 1.15 bits per heavy atom. The van der Waals surface area contributed by atoms with Crippen molar-refractivity contribution in [3.8, 4) is 0 Å². The van der Waals surface area contributed by atoms with E-state index >= 15 is 0 Å². The van der Waals surface area contributed by atoms with Crippen LogP contribution in [0.15, 0.2) is 84.9 Å². The summed E-state index contributed by atoms with van der Waals surface area (Å²) >= 11 is 0. The van der Waals surface area contributed by atoms with E-state index < -0.39 is 5.60 Å². The first-order valence-corrected chi connectivity index (χ1v) is 8.72. The normalized spacial score (nSPS) is 11.6. The van der Waals surface area contributed by atoms with Gasteiger partial charge in [0.1, 0.15) is 5.60 Å². The van der Waals surface area contributed by atoms with Crippen LogP contribution in [0.25, 0.3) is 11.0 Å². The standard InChI is InChI=1S/C23H20N2O/c1-17-22(25-21-15-9-8-14-20(21)24-17)16-23(26,18-10-4-2-5-11-18)19-12-6-3-7-13-19/h2-15,26H,16H2,1H3. The fraction of sp³-hybridized carbons (Fsp3) is 0.130. The summed E-state index contributed by atoms with van der Waals surface area (Å²) in [5.41, 5.74) is 3.90. The fourth-order valence-corrected chi connectivity index (χ4v) is 3.33. The zero-order chi connectivity index (χ0) is 18.0. The quantitative estimate of drug-likeness (QED) is 0.598. The number of hydrogen-bond acceptors (Lipinski definition) is 3. The Bertz CT molecular complexity index is 990. The van der Waals surface area contributed by atoms with Crippen LogP contribution >= 0.6 is 0 Å². The highest BCUT2D eigenvalue weighted by atomic mass is 16.3. The molecule has 0 unspecified atom stereocenters. The van der Waals surface area contributed by atoms with E-state index in [1.54, 1.807) is 0 Å². The van der Waals surface area contributed by atoms with Crippen molar-refractivity contribution in [3.63, 3.8) is 0 Å². The molecule has 0 radical (unpaired) electrons. The molecule has 0 aliphatic carbocycles. The average molecular weight is 340 g/mol. The van der Waals surface area contributed by atoms with Crippen LogP contribution in [0.2, 0.25) is 0 Å². The van der Waals surface area contributed by atoms with E-state index in [-0.39, 0.29) is 0 Å². The largest absolute Gasteiger partial charge is 0.380 e. The van der Waals surface area contributed by atoms with Crippen LogP contribution in [-0.2, 0) is 12.0 Å². The van der Waals surface area contributed by atoms with Crippen LogP contribution in [0, 0.1) is 6.92 Å². The third-order valence-corrected chi connectivity index (χ3v) is 4.77. The van der Waals surface area contributed by atoms with Gasteiger partial charge in [-0.25, -0.2) is 9.97 Å². The maximum atomic E-state index is 11.7. The molecule has 0 atom stereocenters. The minimum Gasteiger partial charge on any atom is -0.380 e. The molecule has 3 heteroatoms. The Morgan fingerprint density at radius 1 is 0.692 bits per heavy atom. The van der Waals surface area contributed by atoms with Gasteiger partial charge in [-0.15, -0.1) is 0 Å². The highest BCUT2D eigenvalue weighted by Crippen LogP contribution is 2.33. The Labute approximate surface area is 153 Å². The van der Waals surface area contributed by atoms with Crippen molar-refractivity contribution < 1.29 is 5.11 Å². The lowest BCUT2D eigenvalue weighted by atomic mass is 9.82. The lowest BCUT2D eigenvalue weighted by Gasteiger charge is -2.29. The van der Waals surface area contributed by atoms with Gasteiger partial charge >= 0.3 is 0 Å². The van der Waals surface area contributed by atoms with Crippen LogP contribution < -0.4 is 0 Å². The number of para-hydroxylation sites is 2. The van der Waals surface area contributed by atoms with Crippen LogP contribution in [0.3, 0.4) is 0 Å². The second-order valence-electron chi connectivity index (χ2n) is 6.51. The van der Waals surface area contributed by atoms with E-state index in [1.165, 1.54) is 0 Å². The summed E-state index contributed by atoms with van der Waals surface area (Å²) in [5, 5.41) is 11.7. The maximum absolute atomic E-state index is 11.7. The molecule has 0 bridgehead atoms. The first kappa shape index (κ1) is 16.4. The summed E-state index contributed by atoms with van der Waals surface area (Å²) in [4.78, 5) is 9.46. The van der Waals surface area contributed by atoms with Crippen LogP contribution in [0.1, 0.15) is 22.5 Å². The summed E-state index contributed by atoms with van der Waals surface area (Å²) in [7, 11) is 0. The second-order valence-corrected chi connectivity index (χ2v) is 6.51. The number of benzene rings is 3. The van der Waals surface area contributed by atoms with Crippen molar-refractivity contribution in [2.45, 2.75) is 18.9 Å². The topological polar surface area (TPSA) is 46.0 Å². The summed E-state index contributed by atoms with van der Waals surface area (Å²) in [6.07, 6.45) is 0.366. The van der Waals surface area contributed by atoms with Gasteiger partial charge in [-0.1, -0.05) is 72.8 Å². The maximum Gasteiger partial charge on any atom is 0.120 e. The summed E-state index contributed by atoms with van der Waals surface area (Å²) in [6.45, 7) is 1.95. The van der Waals surface area contributed by atoms with Crippen molar-refractivity contribution in [2.75, 3.05) is 0 Å². The molecular weight excluding hydrogens is 320 g/mol. The van der Waals surface area contributed by atoms with Crippen molar-refractivity contribution in [3.05, 3.63) is 107 Å². The highest BCUT2D eigenvalue weighted by Gasteiger charge is 2.33. The molecule has 0 aliphatic heterocycles. The third-order valence-electron chi connectivity index (χ3n) is 4.77. The minimum atomic E-state index is -1.16. The molecule has 0 spiro atoms. The third kappa shape index (κ3) is 2.98. The molecule has 0 fully saturated rings. The molecule has 128 valence electrons. The summed E-state index contributed by atoms with van der Waals surface area (Å²) < 4.78 is 0. The van der Waals surface area contributed by atoms with Gasteiger partial charge in [0.25, 0.3) is 0 Å². The van der Waals surface area contributed by atoms with E-state index in [4.69, 9.17) is 4.98 Å². The number of rotatable bonds is 4. The lowest BCUT2D eigenvalue weighted by molar-refractivity contribution is 0.0798. The molecule has 0 amide bonds. The Kier molecular flexibility index (Phi) is 4.23. The van der Waals surface area contributed by atoms with E-state index in [0.29, 0.717) is 6.42 Å². The average Bonchev–Trinajstić information content (AvgIpc) is 2.70. The van der Waals surface area contributed by atoms with Crippen molar-refractivity contribution in [1.82, 2.24) is 9.97 Å². The predicted octanol–water partition coefficient (Wildman–Crippen LogP) is 4.42. The van der Waals surface area contributed by atoms with Gasteiger partial charge in [-0.05, 0) is 30.2 Å². The SMILES string of the molecule is Cc1nc2ccccc2nc1CC(O)(c1ccccc1)c1ccccc1. The van der Waals surface area contributed by atoms with Gasteiger partial charge in [0, 0.05) is 6.42 Å². The fourth-order valence-electron chi connectivity index (χ4n) is 3.33. The molecule has 4 rings (SSSR count). The Balaban J connectivity index is 1.85. The minimum absolute atomic E-state index is 0.366. The predicted molar refractivity (Wildman–Crippen MR) is 104 cm³/mol. The van der Waals surface area contributed by atoms with Gasteiger partial charge in [-0.3, -0.25) is 0 Å². The van der Waals surface area contributed by atoms with Crippen LogP contribution in [0.5, 0.6) is 0 Å². The van der Waals surface area contributed by atoms with E-state index in [9.17, 15) is 5.11 Å². The zero-order valence-corrected chi connectivity index (χ0v) is 14.6. The number of fused-ring (bicyclic) bond motifs is 1. The molecule has 0 saturated carbocycles. The number of aryl methyl sites for hydroxylation is 1. The number of nitrogens with zero attached hydrogens (tertiary/aromatic N) is 2. The first-order chi connectivity index (χ1) is 12.7. The molecule has 3 nitrogen and oxygen atoms in total. The van der Waals surface area contributed by atoms with Crippen LogP contribution in [0.4, 0.5) is 0 Å². The molecule has 1 heterocycles. The summed E-state index contributed by atoms with van der Waals surface area (Å²) in [5.74, 6) is 0. The Hall–Kier alpha value is -3.04. The molecule has 4 aromatic rings. The summed E-state index contributed by atoms with van der Waals surface area (Å²) in [6, 6.07) is 27.3. The van der Waals surface area contributed by atoms with Gasteiger partial charge in [-0.2, -0.15) is 0 Å². The van der Waals surface area contributed by atoms with Gasteiger partial charge < -0.3 is 5.11 Å². The Morgan fingerprint density at radius 3 is 1.69 bits per heavy atom. The van der Waals surface area contributed by atoms with Gasteiger partial charge in [0.15, 0.2) is 0 Å². The van der Waals surface area contributed by atoms with Crippen molar-refractivity contribution >= 4 is 11.0 Å². The number of aromatic nitrogens is 2. The molecule has 0 aliphatic rings. The highest BCUT2D eigenvalue weighted by molar-refractivity contribution is 5.74. The lowest BCUT2D eigenvalue weighted by Crippen LogP contribution is -2.31. The molecule has 3 aromatic carbocycles. The van der Waals surface area contributed by atoms with E-state index in [1.807, 2.05) is 91.9 Å². The molecule has 26 heavy (non-hydrogen) atoms. The molecule has 0 saturated heterocycles.